The number of sulfonamides is 1. The van der Waals surface area contributed by atoms with E-state index >= 15 is 0 Å². The Morgan fingerprint density at radius 1 is 1.11 bits per heavy atom. The number of hydrogen-bond acceptors (Lipinski definition) is 4. The van der Waals surface area contributed by atoms with E-state index in [-0.39, 0.29) is 29.1 Å². The summed E-state index contributed by atoms with van der Waals surface area (Å²) in [5.41, 5.74) is 0. The number of benzene rings is 2. The van der Waals surface area contributed by atoms with Crippen molar-refractivity contribution in [2.45, 2.75) is 24.8 Å². The first-order chi connectivity index (χ1) is 12.3. The summed E-state index contributed by atoms with van der Waals surface area (Å²) in [6.45, 7) is 4.81. The Balaban J connectivity index is 0.00000364. The average Bonchev–Trinajstić information content (AvgIpc) is 2.63. The van der Waals surface area contributed by atoms with Crippen LogP contribution in [0.4, 0.5) is 0 Å². The molecular formula is C19H28ClN3O3S. The molecule has 0 radical (unpaired) electrons. The maximum absolute atomic E-state index is 12.8. The molecule has 6 nitrogen and oxygen atoms in total. The van der Waals surface area contributed by atoms with Gasteiger partial charge in [0, 0.05) is 20.1 Å². The van der Waals surface area contributed by atoms with E-state index in [1.807, 2.05) is 38.1 Å². The van der Waals surface area contributed by atoms with Gasteiger partial charge in [-0.3, -0.25) is 4.79 Å². The van der Waals surface area contributed by atoms with Gasteiger partial charge in [0.2, 0.25) is 15.9 Å². The second-order valence-corrected chi connectivity index (χ2v) is 8.43. The van der Waals surface area contributed by atoms with Crippen LogP contribution in [0.1, 0.15) is 13.8 Å². The van der Waals surface area contributed by atoms with Crippen LogP contribution >= 0.6 is 12.4 Å². The van der Waals surface area contributed by atoms with Gasteiger partial charge in [0.1, 0.15) is 6.04 Å². The molecule has 0 spiro atoms. The summed E-state index contributed by atoms with van der Waals surface area (Å²) in [6, 6.07) is 11.7. The molecule has 27 heavy (non-hydrogen) atoms. The number of carbonyl (C=O) groups excluding carboxylic acids is 1. The van der Waals surface area contributed by atoms with Crippen molar-refractivity contribution < 1.29 is 13.2 Å². The van der Waals surface area contributed by atoms with Crippen LogP contribution in [0.25, 0.3) is 10.8 Å². The van der Waals surface area contributed by atoms with Gasteiger partial charge in [0.25, 0.3) is 0 Å². The van der Waals surface area contributed by atoms with E-state index in [4.69, 9.17) is 0 Å². The number of amides is 1. The molecule has 0 aromatic heterocycles. The highest BCUT2D eigenvalue weighted by Crippen LogP contribution is 2.20. The zero-order valence-electron chi connectivity index (χ0n) is 16.1. The summed E-state index contributed by atoms with van der Waals surface area (Å²) in [6.07, 6.45) is 0. The molecule has 2 aromatic carbocycles. The van der Waals surface area contributed by atoms with E-state index in [1.54, 1.807) is 37.2 Å². The van der Waals surface area contributed by atoms with Crippen LogP contribution in [-0.4, -0.2) is 52.5 Å². The van der Waals surface area contributed by atoms with Crippen LogP contribution in [-0.2, 0) is 14.8 Å². The molecule has 0 heterocycles. The summed E-state index contributed by atoms with van der Waals surface area (Å²) >= 11 is 0. The molecule has 0 saturated heterocycles. The quantitative estimate of drug-likeness (QED) is 0.695. The lowest BCUT2D eigenvalue weighted by atomic mass is 10.0. The monoisotopic (exact) mass is 413 g/mol. The Hall–Kier alpha value is -1.67. The van der Waals surface area contributed by atoms with Crippen LogP contribution < -0.4 is 10.0 Å². The van der Waals surface area contributed by atoms with E-state index in [9.17, 15) is 13.2 Å². The van der Waals surface area contributed by atoms with Crippen molar-refractivity contribution in [3.8, 4) is 0 Å². The normalized spacial score (nSPS) is 12.6. The number of rotatable bonds is 8. The third kappa shape index (κ3) is 5.90. The minimum absolute atomic E-state index is 0. The summed E-state index contributed by atoms with van der Waals surface area (Å²) in [5, 5.41) is 4.79. The van der Waals surface area contributed by atoms with Gasteiger partial charge in [-0.05, 0) is 35.9 Å². The minimum atomic E-state index is -3.81. The number of halogens is 1. The number of nitrogens with zero attached hydrogens (tertiary/aromatic N) is 1. The van der Waals surface area contributed by atoms with Crippen molar-refractivity contribution in [1.82, 2.24) is 14.9 Å². The molecule has 0 saturated carbocycles. The van der Waals surface area contributed by atoms with E-state index < -0.39 is 16.1 Å². The largest absolute Gasteiger partial charge is 0.343 e. The van der Waals surface area contributed by atoms with Gasteiger partial charge >= 0.3 is 0 Å². The van der Waals surface area contributed by atoms with Crippen molar-refractivity contribution >= 4 is 39.1 Å². The lowest BCUT2D eigenvalue weighted by molar-refractivity contribution is -0.132. The first-order valence-corrected chi connectivity index (χ1v) is 10.2. The molecule has 0 aliphatic heterocycles. The topological polar surface area (TPSA) is 78.5 Å². The van der Waals surface area contributed by atoms with E-state index in [2.05, 4.69) is 10.0 Å². The zero-order valence-corrected chi connectivity index (χ0v) is 17.7. The third-order valence-electron chi connectivity index (χ3n) is 4.32. The molecule has 1 amide bonds. The predicted molar refractivity (Wildman–Crippen MR) is 112 cm³/mol. The first kappa shape index (κ1) is 23.4. The number of hydrogen-bond donors (Lipinski definition) is 2. The Bertz CT molecular complexity index is 871. The number of likely N-dealkylation sites (N-methyl/N-ethyl adjacent to an activating group) is 2. The number of fused-ring (bicyclic) bond motifs is 1. The first-order valence-electron chi connectivity index (χ1n) is 8.67. The smallest absolute Gasteiger partial charge is 0.241 e. The highest BCUT2D eigenvalue weighted by atomic mass is 35.5. The molecule has 2 aromatic rings. The molecule has 0 bridgehead atoms. The van der Waals surface area contributed by atoms with Crippen LogP contribution in [0.3, 0.4) is 0 Å². The van der Waals surface area contributed by atoms with Gasteiger partial charge < -0.3 is 10.2 Å². The SMILES string of the molecule is CNCCN(C)C(=O)C(NS(=O)(=O)c1ccc2ccccc2c1)C(C)C.Cl. The van der Waals surface area contributed by atoms with Gasteiger partial charge in [0.15, 0.2) is 0 Å². The van der Waals surface area contributed by atoms with Crippen molar-refractivity contribution in [3.05, 3.63) is 42.5 Å². The maximum Gasteiger partial charge on any atom is 0.241 e. The lowest BCUT2D eigenvalue weighted by Crippen LogP contribution is -2.51. The standard InChI is InChI=1S/C19H27N3O3S.ClH/c1-14(2)18(19(23)22(4)12-11-20-3)21-26(24,25)17-10-9-15-7-5-6-8-16(15)13-17;/h5-10,13-14,18,20-21H,11-12H2,1-4H3;1H. The van der Waals surface area contributed by atoms with E-state index in [1.165, 1.54) is 0 Å². The molecule has 0 aliphatic rings. The Morgan fingerprint density at radius 2 is 1.74 bits per heavy atom. The second-order valence-electron chi connectivity index (χ2n) is 6.72. The highest BCUT2D eigenvalue weighted by Gasteiger charge is 2.30. The molecule has 2 N–H and O–H groups in total. The van der Waals surface area contributed by atoms with Crippen LogP contribution in [0.2, 0.25) is 0 Å². The van der Waals surface area contributed by atoms with Gasteiger partial charge in [-0.2, -0.15) is 4.72 Å². The van der Waals surface area contributed by atoms with Crippen molar-refractivity contribution in [2.75, 3.05) is 27.2 Å². The summed E-state index contributed by atoms with van der Waals surface area (Å²) in [5.74, 6) is -0.408. The molecule has 150 valence electrons. The van der Waals surface area contributed by atoms with Gasteiger partial charge in [-0.25, -0.2) is 8.42 Å². The Morgan fingerprint density at radius 3 is 2.33 bits per heavy atom. The van der Waals surface area contributed by atoms with Crippen molar-refractivity contribution in [1.29, 1.82) is 0 Å². The molecule has 1 unspecified atom stereocenters. The van der Waals surface area contributed by atoms with Gasteiger partial charge in [-0.1, -0.05) is 44.2 Å². The maximum atomic E-state index is 12.8. The fourth-order valence-electron chi connectivity index (χ4n) is 2.67. The fourth-order valence-corrected chi connectivity index (χ4v) is 4.04. The van der Waals surface area contributed by atoms with Gasteiger partial charge in [0.05, 0.1) is 4.90 Å². The molecule has 0 fully saturated rings. The number of nitrogens with one attached hydrogen (secondary N) is 2. The van der Waals surface area contributed by atoms with E-state index in [0.29, 0.717) is 13.1 Å². The molecule has 0 aliphatic carbocycles. The predicted octanol–water partition coefficient (Wildman–Crippen LogP) is 2.24. The molecule has 2 rings (SSSR count). The summed E-state index contributed by atoms with van der Waals surface area (Å²) < 4.78 is 28.3. The number of carbonyl (C=O) groups is 1. The van der Waals surface area contributed by atoms with Gasteiger partial charge in [-0.15, -0.1) is 12.4 Å². The average molecular weight is 414 g/mol. The second kappa shape index (κ2) is 10.0. The Kier molecular flexibility index (Phi) is 8.68. The molecule has 8 heteroatoms. The summed E-state index contributed by atoms with van der Waals surface area (Å²) in [7, 11) is -0.322. The molecular weight excluding hydrogens is 386 g/mol. The highest BCUT2D eigenvalue weighted by molar-refractivity contribution is 7.89. The summed E-state index contributed by atoms with van der Waals surface area (Å²) in [4.78, 5) is 14.4. The fraction of sp³-hybridized carbons (Fsp3) is 0.421. The minimum Gasteiger partial charge on any atom is -0.343 e. The van der Waals surface area contributed by atoms with Crippen LogP contribution in [0.5, 0.6) is 0 Å². The zero-order chi connectivity index (χ0) is 19.3. The molecule has 1 atom stereocenters. The van der Waals surface area contributed by atoms with E-state index in [0.717, 1.165) is 10.8 Å². The van der Waals surface area contributed by atoms with Crippen molar-refractivity contribution in [2.24, 2.45) is 5.92 Å². The lowest BCUT2D eigenvalue weighted by Gasteiger charge is -2.27. The van der Waals surface area contributed by atoms with Crippen LogP contribution in [0, 0.1) is 5.92 Å². The Labute approximate surface area is 167 Å². The third-order valence-corrected chi connectivity index (χ3v) is 5.76. The van der Waals surface area contributed by atoms with Crippen molar-refractivity contribution in [3.63, 3.8) is 0 Å². The van der Waals surface area contributed by atoms with Crippen LogP contribution in [0.15, 0.2) is 47.4 Å².